The van der Waals surface area contributed by atoms with Crippen molar-refractivity contribution >= 4 is 28.9 Å². The Morgan fingerprint density at radius 1 is 0.949 bits per heavy atom. The number of carbonyl (C=O) groups excluding carboxylic acids is 1. The van der Waals surface area contributed by atoms with Crippen LogP contribution in [0.4, 0.5) is 5.69 Å². The van der Waals surface area contributed by atoms with E-state index in [1.807, 2.05) is 55.6 Å². The average Bonchev–Trinajstić information content (AvgIpc) is 3.38. The molecule has 39 heavy (non-hydrogen) atoms. The maximum absolute atomic E-state index is 12.9. The minimum absolute atomic E-state index is 0.0394. The molecule has 7 heteroatoms. The fraction of sp³-hybridized carbons (Fsp3) is 0.281. The van der Waals surface area contributed by atoms with Crippen LogP contribution in [0.2, 0.25) is 0 Å². The number of carbonyl (C=O) groups is 1. The molecule has 0 saturated carbocycles. The van der Waals surface area contributed by atoms with Crippen LogP contribution in [0.3, 0.4) is 0 Å². The van der Waals surface area contributed by atoms with Gasteiger partial charge in [-0.3, -0.25) is 9.78 Å². The molecular weight excluding hydrogens is 502 g/mol. The van der Waals surface area contributed by atoms with Gasteiger partial charge in [-0.1, -0.05) is 29.8 Å². The van der Waals surface area contributed by atoms with Gasteiger partial charge in [-0.2, -0.15) is 0 Å². The molecule has 5 rings (SSSR count). The van der Waals surface area contributed by atoms with Gasteiger partial charge in [0.05, 0.1) is 17.8 Å². The molecule has 2 unspecified atom stereocenters. The van der Waals surface area contributed by atoms with Crippen molar-refractivity contribution in [3.63, 3.8) is 0 Å². The first kappa shape index (κ1) is 26.6. The number of thiocarbonyl (C=S) groups is 1. The molecular formula is C32H35N5OS. The van der Waals surface area contributed by atoms with Gasteiger partial charge in [0, 0.05) is 41.9 Å². The summed E-state index contributed by atoms with van der Waals surface area (Å²) in [5.74, 6) is -0.0394. The van der Waals surface area contributed by atoms with Crippen molar-refractivity contribution in [3.8, 4) is 5.69 Å². The van der Waals surface area contributed by atoms with Crippen LogP contribution < -0.4 is 10.6 Å². The Balaban J connectivity index is 1.48. The summed E-state index contributed by atoms with van der Waals surface area (Å²) >= 11 is 5.85. The Morgan fingerprint density at radius 2 is 1.67 bits per heavy atom. The molecule has 0 bridgehead atoms. The predicted molar refractivity (Wildman–Crippen MR) is 161 cm³/mol. The molecule has 2 atom stereocenters. The van der Waals surface area contributed by atoms with Crippen LogP contribution in [0, 0.1) is 34.6 Å². The van der Waals surface area contributed by atoms with Gasteiger partial charge in [0.25, 0.3) is 0 Å². The standard InChI is InChI=1S/C32H35N5OS/c1-20-9-11-25(12-10-20)34-29(38)13-15-36-31(30(35-32(36)39)28-8-6-7-14-33-28)27-19-23(4)37(24(27)5)26-17-21(2)16-22(3)18-26/h6-12,14,16-19,30-31H,13,15H2,1-5H3,(H,34,38)(H,35,39). The summed E-state index contributed by atoms with van der Waals surface area (Å²) in [5, 5.41) is 7.17. The highest BCUT2D eigenvalue weighted by Crippen LogP contribution is 2.41. The van der Waals surface area contributed by atoms with Crippen molar-refractivity contribution < 1.29 is 4.79 Å². The Morgan fingerprint density at radius 3 is 2.33 bits per heavy atom. The van der Waals surface area contributed by atoms with Crippen LogP contribution in [-0.2, 0) is 4.79 Å². The van der Waals surface area contributed by atoms with Crippen molar-refractivity contribution in [2.75, 3.05) is 11.9 Å². The number of nitrogens with zero attached hydrogens (tertiary/aromatic N) is 3. The van der Waals surface area contributed by atoms with Crippen molar-refractivity contribution in [2.24, 2.45) is 0 Å². The molecule has 2 N–H and O–H groups in total. The number of amides is 1. The Hall–Kier alpha value is -3.97. The molecule has 200 valence electrons. The van der Waals surface area contributed by atoms with E-state index in [-0.39, 0.29) is 18.0 Å². The lowest BCUT2D eigenvalue weighted by molar-refractivity contribution is -0.116. The van der Waals surface area contributed by atoms with Gasteiger partial charge >= 0.3 is 0 Å². The summed E-state index contributed by atoms with van der Waals surface area (Å²) in [6.45, 7) is 11.1. The summed E-state index contributed by atoms with van der Waals surface area (Å²) in [6.07, 6.45) is 2.13. The smallest absolute Gasteiger partial charge is 0.226 e. The summed E-state index contributed by atoms with van der Waals surface area (Å²) in [4.78, 5) is 19.7. The molecule has 3 heterocycles. The summed E-state index contributed by atoms with van der Waals surface area (Å²) in [7, 11) is 0. The number of aryl methyl sites for hydroxylation is 4. The zero-order valence-corrected chi connectivity index (χ0v) is 24.0. The zero-order valence-electron chi connectivity index (χ0n) is 23.2. The third-order valence-electron chi connectivity index (χ3n) is 7.37. The molecule has 1 fully saturated rings. The third-order valence-corrected chi connectivity index (χ3v) is 7.72. The normalized spacial score (nSPS) is 16.8. The Labute approximate surface area is 236 Å². The first-order valence-electron chi connectivity index (χ1n) is 13.3. The van der Waals surface area contributed by atoms with Crippen LogP contribution in [0.1, 0.15) is 57.8 Å². The van der Waals surface area contributed by atoms with Gasteiger partial charge in [-0.25, -0.2) is 0 Å². The maximum Gasteiger partial charge on any atom is 0.226 e. The van der Waals surface area contributed by atoms with E-state index in [4.69, 9.17) is 12.2 Å². The van der Waals surface area contributed by atoms with Gasteiger partial charge in [0.1, 0.15) is 0 Å². The maximum atomic E-state index is 12.9. The topological polar surface area (TPSA) is 62.2 Å². The quantitative estimate of drug-likeness (QED) is 0.267. The van der Waals surface area contributed by atoms with E-state index in [0.717, 1.165) is 34.0 Å². The lowest BCUT2D eigenvalue weighted by atomic mass is 9.96. The van der Waals surface area contributed by atoms with Crippen LogP contribution in [0.5, 0.6) is 0 Å². The monoisotopic (exact) mass is 537 g/mol. The first-order chi connectivity index (χ1) is 18.7. The van der Waals surface area contributed by atoms with Crippen molar-refractivity contribution in [1.29, 1.82) is 0 Å². The summed E-state index contributed by atoms with van der Waals surface area (Å²) in [5.41, 5.74) is 9.98. The SMILES string of the molecule is Cc1ccc(NC(=O)CCN2C(=S)NC(c3ccccn3)C2c2cc(C)n(-c3cc(C)cc(C)c3)c2C)cc1. The Kier molecular flexibility index (Phi) is 7.53. The molecule has 6 nitrogen and oxygen atoms in total. The minimum Gasteiger partial charge on any atom is -0.352 e. The van der Waals surface area contributed by atoms with E-state index >= 15 is 0 Å². The summed E-state index contributed by atoms with van der Waals surface area (Å²) < 4.78 is 2.31. The number of benzene rings is 2. The zero-order chi connectivity index (χ0) is 27.7. The number of hydrogen-bond acceptors (Lipinski definition) is 3. The molecule has 1 saturated heterocycles. The molecule has 2 aromatic heterocycles. The second-order valence-electron chi connectivity index (χ2n) is 10.5. The number of rotatable bonds is 7. The number of nitrogens with one attached hydrogen (secondary N) is 2. The van der Waals surface area contributed by atoms with Gasteiger partial charge in [-0.05, 0) is 106 Å². The second kappa shape index (κ2) is 11.0. The molecule has 0 radical (unpaired) electrons. The fourth-order valence-corrected chi connectivity index (χ4v) is 5.96. The van der Waals surface area contributed by atoms with Crippen molar-refractivity contribution in [3.05, 3.63) is 112 Å². The highest BCUT2D eigenvalue weighted by Gasteiger charge is 2.41. The van der Waals surface area contributed by atoms with Crippen LogP contribution in [0.15, 0.2) is 72.9 Å². The molecule has 0 aliphatic carbocycles. The summed E-state index contributed by atoms with van der Waals surface area (Å²) in [6, 6.07) is 22.4. The minimum atomic E-state index is -0.132. The van der Waals surface area contributed by atoms with E-state index in [2.05, 4.69) is 77.0 Å². The molecule has 1 amide bonds. The number of pyridine rings is 1. The van der Waals surface area contributed by atoms with Gasteiger partial charge in [0.15, 0.2) is 5.11 Å². The fourth-order valence-electron chi connectivity index (χ4n) is 5.63. The predicted octanol–water partition coefficient (Wildman–Crippen LogP) is 6.42. The molecule has 1 aliphatic heterocycles. The lowest BCUT2D eigenvalue weighted by Crippen LogP contribution is -2.32. The molecule has 4 aromatic rings. The first-order valence-corrected chi connectivity index (χ1v) is 13.7. The molecule has 2 aromatic carbocycles. The highest BCUT2D eigenvalue weighted by atomic mass is 32.1. The van der Waals surface area contributed by atoms with Crippen LogP contribution in [0.25, 0.3) is 5.69 Å². The lowest BCUT2D eigenvalue weighted by Gasteiger charge is -2.28. The van der Waals surface area contributed by atoms with E-state index in [9.17, 15) is 4.79 Å². The number of aromatic nitrogens is 2. The van der Waals surface area contributed by atoms with E-state index in [0.29, 0.717) is 18.1 Å². The van der Waals surface area contributed by atoms with E-state index < -0.39 is 0 Å². The Bertz CT molecular complexity index is 1490. The molecule has 1 aliphatic rings. The van der Waals surface area contributed by atoms with Crippen molar-refractivity contribution in [1.82, 2.24) is 19.8 Å². The average molecular weight is 538 g/mol. The van der Waals surface area contributed by atoms with Crippen molar-refractivity contribution in [2.45, 2.75) is 53.1 Å². The van der Waals surface area contributed by atoms with Gasteiger partial charge in [-0.15, -0.1) is 0 Å². The molecule has 0 spiro atoms. The van der Waals surface area contributed by atoms with E-state index in [1.54, 1.807) is 0 Å². The third kappa shape index (κ3) is 5.59. The second-order valence-corrected chi connectivity index (χ2v) is 10.9. The largest absolute Gasteiger partial charge is 0.352 e. The highest BCUT2D eigenvalue weighted by molar-refractivity contribution is 7.80. The van der Waals surface area contributed by atoms with Crippen LogP contribution in [-0.4, -0.2) is 32.0 Å². The number of anilines is 1. The number of hydrogen-bond donors (Lipinski definition) is 2. The van der Waals surface area contributed by atoms with Gasteiger partial charge in [0.2, 0.25) is 5.91 Å². The van der Waals surface area contributed by atoms with Gasteiger partial charge < -0.3 is 20.1 Å². The van der Waals surface area contributed by atoms with E-state index in [1.165, 1.54) is 16.7 Å². The van der Waals surface area contributed by atoms with Crippen LogP contribution >= 0.6 is 12.2 Å².